The second-order valence-corrected chi connectivity index (χ2v) is 8.36. The zero-order valence-electron chi connectivity index (χ0n) is 18.2. The standard InChI is InChI=1S/C24H23ClN4O4/c1-14-13-28(9-10-29(14)24(32)33)23(31)17-7-8-18-19(25)12-20(27-21(18)11-17)15-3-5-16(6-4-15)22(30)26-2/h3-8,11-12,14H,9-10,13H2,1-2H3,(H,26,30)(H,32,33)/t14-/m0/s1. The van der Waals surface area contributed by atoms with Gasteiger partial charge in [-0.1, -0.05) is 29.8 Å². The van der Waals surface area contributed by atoms with E-state index in [-0.39, 0.29) is 24.4 Å². The molecule has 0 unspecified atom stereocenters. The van der Waals surface area contributed by atoms with E-state index < -0.39 is 6.09 Å². The summed E-state index contributed by atoms with van der Waals surface area (Å²) in [6.45, 7) is 2.72. The van der Waals surface area contributed by atoms with E-state index in [0.717, 1.165) is 10.9 Å². The summed E-state index contributed by atoms with van der Waals surface area (Å²) in [5, 5.41) is 13.1. The van der Waals surface area contributed by atoms with Crippen LogP contribution in [0.15, 0.2) is 48.5 Å². The Bertz CT molecular complexity index is 1250. The van der Waals surface area contributed by atoms with Crippen LogP contribution >= 0.6 is 11.6 Å². The highest BCUT2D eigenvalue weighted by atomic mass is 35.5. The maximum atomic E-state index is 13.1. The SMILES string of the molecule is CNC(=O)c1ccc(-c2cc(Cl)c3ccc(C(=O)N4CCN(C(=O)O)[C@@H](C)C4)cc3n2)cc1. The number of amides is 3. The predicted octanol–water partition coefficient (Wildman–Crippen LogP) is 3.74. The third kappa shape index (κ3) is 4.47. The Labute approximate surface area is 195 Å². The molecule has 4 rings (SSSR count). The van der Waals surface area contributed by atoms with Gasteiger partial charge in [-0.2, -0.15) is 0 Å². The van der Waals surface area contributed by atoms with Gasteiger partial charge in [-0.05, 0) is 37.3 Å². The van der Waals surface area contributed by atoms with Crippen LogP contribution in [-0.2, 0) is 0 Å². The number of nitrogens with zero attached hydrogens (tertiary/aromatic N) is 3. The molecule has 33 heavy (non-hydrogen) atoms. The van der Waals surface area contributed by atoms with Crippen LogP contribution in [-0.4, -0.2) is 70.5 Å². The van der Waals surface area contributed by atoms with Crippen LogP contribution in [0.3, 0.4) is 0 Å². The highest BCUT2D eigenvalue weighted by Crippen LogP contribution is 2.29. The molecular formula is C24H23ClN4O4. The molecule has 3 aromatic rings. The molecule has 0 saturated carbocycles. The average molecular weight is 467 g/mol. The molecule has 1 fully saturated rings. The molecule has 9 heteroatoms. The summed E-state index contributed by atoms with van der Waals surface area (Å²) in [6, 6.07) is 13.7. The van der Waals surface area contributed by atoms with Gasteiger partial charge in [-0.15, -0.1) is 0 Å². The normalized spacial score (nSPS) is 16.0. The number of carbonyl (C=O) groups is 3. The lowest BCUT2D eigenvalue weighted by atomic mass is 10.0. The summed E-state index contributed by atoms with van der Waals surface area (Å²) < 4.78 is 0. The van der Waals surface area contributed by atoms with Crippen molar-refractivity contribution in [2.45, 2.75) is 13.0 Å². The van der Waals surface area contributed by atoms with Crippen LogP contribution in [0.4, 0.5) is 4.79 Å². The molecule has 2 N–H and O–H groups in total. The topological polar surface area (TPSA) is 103 Å². The molecule has 2 aromatic carbocycles. The summed E-state index contributed by atoms with van der Waals surface area (Å²) in [7, 11) is 1.58. The second kappa shape index (κ2) is 9.07. The molecule has 1 saturated heterocycles. The highest BCUT2D eigenvalue weighted by Gasteiger charge is 2.30. The van der Waals surface area contributed by atoms with Gasteiger partial charge in [-0.3, -0.25) is 9.59 Å². The molecule has 1 aliphatic rings. The molecule has 170 valence electrons. The van der Waals surface area contributed by atoms with Gasteiger partial charge >= 0.3 is 6.09 Å². The van der Waals surface area contributed by atoms with E-state index in [4.69, 9.17) is 16.6 Å². The minimum atomic E-state index is -0.977. The summed E-state index contributed by atoms with van der Waals surface area (Å²) in [4.78, 5) is 43.9. The van der Waals surface area contributed by atoms with Gasteiger partial charge in [0.15, 0.2) is 0 Å². The number of aromatic nitrogens is 1. The second-order valence-electron chi connectivity index (χ2n) is 7.95. The third-order valence-corrected chi connectivity index (χ3v) is 6.15. The summed E-state index contributed by atoms with van der Waals surface area (Å²) in [5.74, 6) is -0.347. The summed E-state index contributed by atoms with van der Waals surface area (Å²) >= 11 is 6.50. The van der Waals surface area contributed by atoms with Crippen molar-refractivity contribution in [2.75, 3.05) is 26.7 Å². The maximum Gasteiger partial charge on any atom is 0.407 e. The van der Waals surface area contributed by atoms with Gasteiger partial charge in [0.25, 0.3) is 11.8 Å². The molecule has 8 nitrogen and oxygen atoms in total. The number of rotatable bonds is 3. The van der Waals surface area contributed by atoms with Gasteiger partial charge in [0.1, 0.15) is 0 Å². The van der Waals surface area contributed by atoms with Crippen molar-refractivity contribution in [2.24, 2.45) is 0 Å². The smallest absolute Gasteiger partial charge is 0.407 e. The minimum absolute atomic E-state index is 0.173. The third-order valence-electron chi connectivity index (χ3n) is 5.84. The van der Waals surface area contributed by atoms with Crippen molar-refractivity contribution in [3.63, 3.8) is 0 Å². The Balaban J connectivity index is 1.62. The number of pyridine rings is 1. The molecule has 3 amide bonds. The van der Waals surface area contributed by atoms with E-state index in [1.807, 2.05) is 0 Å². The van der Waals surface area contributed by atoms with E-state index in [1.165, 1.54) is 4.90 Å². The number of carbonyl (C=O) groups excluding carboxylic acids is 2. The molecule has 0 radical (unpaired) electrons. The molecule has 0 spiro atoms. The first kappa shape index (κ1) is 22.5. The number of hydrogen-bond donors (Lipinski definition) is 2. The van der Waals surface area contributed by atoms with E-state index >= 15 is 0 Å². The number of benzene rings is 2. The maximum absolute atomic E-state index is 13.1. The Morgan fingerprint density at radius 2 is 1.76 bits per heavy atom. The number of halogens is 1. The number of hydrogen-bond acceptors (Lipinski definition) is 4. The molecule has 1 aromatic heterocycles. The molecule has 0 bridgehead atoms. The van der Waals surface area contributed by atoms with Gasteiger partial charge in [0, 0.05) is 54.8 Å². The van der Waals surface area contributed by atoms with Crippen molar-refractivity contribution >= 4 is 40.4 Å². The van der Waals surface area contributed by atoms with Crippen molar-refractivity contribution < 1.29 is 19.5 Å². The first-order valence-corrected chi connectivity index (χ1v) is 10.9. The highest BCUT2D eigenvalue weighted by molar-refractivity contribution is 6.35. The average Bonchev–Trinajstić information content (AvgIpc) is 2.82. The monoisotopic (exact) mass is 466 g/mol. The van der Waals surface area contributed by atoms with Gasteiger partial charge in [-0.25, -0.2) is 9.78 Å². The van der Waals surface area contributed by atoms with Crippen LogP contribution in [0.2, 0.25) is 5.02 Å². The Morgan fingerprint density at radius 1 is 1.06 bits per heavy atom. The number of fused-ring (bicyclic) bond motifs is 1. The van der Waals surface area contributed by atoms with Crippen molar-refractivity contribution in [1.82, 2.24) is 20.1 Å². The molecule has 0 aliphatic carbocycles. The van der Waals surface area contributed by atoms with Crippen LogP contribution in [0, 0.1) is 0 Å². The van der Waals surface area contributed by atoms with Crippen molar-refractivity contribution in [3.8, 4) is 11.3 Å². The zero-order chi connectivity index (χ0) is 23.7. The number of nitrogens with one attached hydrogen (secondary N) is 1. The molecule has 1 aliphatic heterocycles. The largest absolute Gasteiger partial charge is 0.465 e. The Morgan fingerprint density at radius 3 is 2.39 bits per heavy atom. The Hall–Kier alpha value is -3.65. The fourth-order valence-electron chi connectivity index (χ4n) is 4.01. The predicted molar refractivity (Wildman–Crippen MR) is 126 cm³/mol. The molecule has 2 heterocycles. The summed E-state index contributed by atoms with van der Waals surface area (Å²) in [6.07, 6.45) is -0.977. The first-order chi connectivity index (χ1) is 15.8. The van der Waals surface area contributed by atoms with Crippen LogP contribution in [0.1, 0.15) is 27.6 Å². The van der Waals surface area contributed by atoms with E-state index in [2.05, 4.69) is 5.32 Å². The minimum Gasteiger partial charge on any atom is -0.465 e. The molecular weight excluding hydrogens is 444 g/mol. The van der Waals surface area contributed by atoms with Crippen LogP contribution in [0.25, 0.3) is 22.2 Å². The number of piperazine rings is 1. The van der Waals surface area contributed by atoms with Crippen molar-refractivity contribution in [3.05, 3.63) is 64.7 Å². The fraction of sp³-hybridized carbons (Fsp3) is 0.250. The van der Waals surface area contributed by atoms with Crippen molar-refractivity contribution in [1.29, 1.82) is 0 Å². The fourth-order valence-corrected chi connectivity index (χ4v) is 4.28. The first-order valence-electron chi connectivity index (χ1n) is 10.5. The lowest BCUT2D eigenvalue weighted by Gasteiger charge is -2.38. The lowest BCUT2D eigenvalue weighted by Crippen LogP contribution is -2.55. The van der Waals surface area contributed by atoms with Crippen LogP contribution < -0.4 is 5.32 Å². The van der Waals surface area contributed by atoms with E-state index in [9.17, 15) is 19.5 Å². The Kier molecular flexibility index (Phi) is 6.20. The summed E-state index contributed by atoms with van der Waals surface area (Å²) in [5.41, 5.74) is 3.01. The molecule has 1 atom stereocenters. The quantitative estimate of drug-likeness (QED) is 0.612. The van der Waals surface area contributed by atoms with Crippen LogP contribution in [0.5, 0.6) is 0 Å². The zero-order valence-corrected chi connectivity index (χ0v) is 19.0. The van der Waals surface area contributed by atoms with Gasteiger partial charge < -0.3 is 20.2 Å². The van der Waals surface area contributed by atoms with E-state index in [1.54, 1.807) is 67.4 Å². The van der Waals surface area contributed by atoms with Gasteiger partial charge in [0.05, 0.1) is 16.2 Å². The lowest BCUT2D eigenvalue weighted by molar-refractivity contribution is 0.0507. The van der Waals surface area contributed by atoms with E-state index in [0.29, 0.717) is 40.4 Å². The van der Waals surface area contributed by atoms with Gasteiger partial charge in [0.2, 0.25) is 0 Å². The number of carboxylic acid groups (broad SMARTS) is 1.